The van der Waals surface area contributed by atoms with E-state index in [4.69, 9.17) is 0 Å². The summed E-state index contributed by atoms with van der Waals surface area (Å²) in [6.07, 6.45) is 11.5. The SMILES string of the molecule is CCCCCCCCCCC(=O)N1CCC(S(=O)(=O)c2ccccc2)CC1. The van der Waals surface area contributed by atoms with Gasteiger partial charge in [-0.05, 0) is 31.4 Å². The van der Waals surface area contributed by atoms with Crippen molar-refractivity contribution in [1.82, 2.24) is 4.90 Å². The number of carbonyl (C=O) groups is 1. The summed E-state index contributed by atoms with van der Waals surface area (Å²) in [5, 5.41) is -0.368. The van der Waals surface area contributed by atoms with Gasteiger partial charge in [-0.2, -0.15) is 0 Å². The van der Waals surface area contributed by atoms with E-state index in [1.807, 2.05) is 11.0 Å². The Bertz CT molecular complexity index is 649. The first-order chi connectivity index (χ1) is 13.1. The quantitative estimate of drug-likeness (QED) is 0.498. The van der Waals surface area contributed by atoms with Gasteiger partial charge in [0.05, 0.1) is 10.1 Å². The summed E-state index contributed by atoms with van der Waals surface area (Å²) in [5.41, 5.74) is 0. The first-order valence-electron chi connectivity index (χ1n) is 10.6. The van der Waals surface area contributed by atoms with Crippen LogP contribution in [0.2, 0.25) is 0 Å². The molecule has 0 atom stereocenters. The van der Waals surface area contributed by atoms with Crippen LogP contribution in [0, 0.1) is 0 Å². The molecule has 1 amide bonds. The summed E-state index contributed by atoms with van der Waals surface area (Å²) < 4.78 is 25.4. The molecule has 1 aromatic carbocycles. The van der Waals surface area contributed by atoms with Crippen LogP contribution in [0.1, 0.15) is 77.6 Å². The average molecular weight is 394 g/mol. The van der Waals surface area contributed by atoms with Gasteiger partial charge in [0.2, 0.25) is 5.91 Å². The zero-order valence-electron chi connectivity index (χ0n) is 16.7. The van der Waals surface area contributed by atoms with Gasteiger partial charge >= 0.3 is 0 Å². The molecule has 0 N–H and O–H groups in total. The van der Waals surface area contributed by atoms with Crippen LogP contribution >= 0.6 is 0 Å². The molecule has 0 spiro atoms. The minimum atomic E-state index is -3.28. The van der Waals surface area contributed by atoms with Crippen molar-refractivity contribution in [2.45, 2.75) is 87.7 Å². The van der Waals surface area contributed by atoms with Gasteiger partial charge in [-0.1, -0.05) is 70.1 Å². The van der Waals surface area contributed by atoms with E-state index in [1.54, 1.807) is 24.3 Å². The second kappa shape index (κ2) is 11.5. The minimum absolute atomic E-state index is 0.191. The Balaban J connectivity index is 1.66. The molecule has 0 unspecified atom stereocenters. The van der Waals surface area contributed by atoms with E-state index in [-0.39, 0.29) is 11.2 Å². The van der Waals surface area contributed by atoms with E-state index < -0.39 is 9.84 Å². The lowest BCUT2D eigenvalue weighted by Gasteiger charge is -2.32. The van der Waals surface area contributed by atoms with Crippen molar-refractivity contribution in [2.24, 2.45) is 0 Å². The number of likely N-dealkylation sites (tertiary alicyclic amines) is 1. The molecule has 1 aliphatic rings. The molecule has 0 aromatic heterocycles. The Hall–Kier alpha value is -1.36. The summed E-state index contributed by atoms with van der Waals surface area (Å²) in [6, 6.07) is 8.67. The average Bonchev–Trinajstić information content (AvgIpc) is 2.70. The molecule has 0 aliphatic carbocycles. The third kappa shape index (κ3) is 6.95. The molecule has 0 saturated carbocycles. The van der Waals surface area contributed by atoms with Crippen LogP contribution in [0.4, 0.5) is 0 Å². The third-order valence-corrected chi connectivity index (χ3v) is 7.83. The van der Waals surface area contributed by atoms with E-state index in [0.29, 0.717) is 37.2 Å². The number of amides is 1. The first kappa shape index (κ1) is 21.9. The molecule has 1 aromatic rings. The molecule has 1 saturated heterocycles. The van der Waals surface area contributed by atoms with Gasteiger partial charge in [-0.15, -0.1) is 0 Å². The number of carbonyl (C=O) groups excluding carboxylic acids is 1. The highest BCUT2D eigenvalue weighted by Gasteiger charge is 2.32. The van der Waals surface area contributed by atoms with Crippen LogP contribution in [-0.2, 0) is 14.6 Å². The highest BCUT2D eigenvalue weighted by Crippen LogP contribution is 2.25. The highest BCUT2D eigenvalue weighted by atomic mass is 32.2. The fourth-order valence-electron chi connectivity index (χ4n) is 3.79. The maximum absolute atomic E-state index is 12.7. The lowest BCUT2D eigenvalue weighted by molar-refractivity contribution is -0.132. The van der Waals surface area contributed by atoms with E-state index in [1.165, 1.54) is 38.5 Å². The number of unbranched alkanes of at least 4 members (excludes halogenated alkanes) is 7. The van der Waals surface area contributed by atoms with Crippen LogP contribution < -0.4 is 0 Å². The Kier molecular flexibility index (Phi) is 9.32. The zero-order valence-corrected chi connectivity index (χ0v) is 17.6. The van der Waals surface area contributed by atoms with Gasteiger partial charge in [-0.25, -0.2) is 8.42 Å². The Morgan fingerprint density at radius 3 is 2.07 bits per heavy atom. The van der Waals surface area contributed by atoms with Crippen LogP contribution in [0.15, 0.2) is 35.2 Å². The number of benzene rings is 1. The minimum Gasteiger partial charge on any atom is -0.343 e. The fraction of sp³-hybridized carbons (Fsp3) is 0.682. The molecular weight excluding hydrogens is 358 g/mol. The van der Waals surface area contributed by atoms with E-state index in [2.05, 4.69) is 6.92 Å². The van der Waals surface area contributed by atoms with E-state index >= 15 is 0 Å². The number of piperidine rings is 1. The molecule has 1 heterocycles. The Morgan fingerprint density at radius 2 is 1.48 bits per heavy atom. The molecule has 27 heavy (non-hydrogen) atoms. The van der Waals surface area contributed by atoms with Crippen LogP contribution in [0.3, 0.4) is 0 Å². The zero-order chi connectivity index (χ0) is 19.5. The van der Waals surface area contributed by atoms with Gasteiger partial charge in [0.15, 0.2) is 9.84 Å². The van der Waals surface area contributed by atoms with Crippen LogP contribution in [0.5, 0.6) is 0 Å². The summed E-state index contributed by atoms with van der Waals surface area (Å²) in [7, 11) is -3.28. The highest BCUT2D eigenvalue weighted by molar-refractivity contribution is 7.92. The molecule has 0 bridgehead atoms. The molecule has 1 fully saturated rings. The molecule has 152 valence electrons. The monoisotopic (exact) mass is 393 g/mol. The summed E-state index contributed by atoms with van der Waals surface area (Å²) in [4.78, 5) is 14.6. The maximum Gasteiger partial charge on any atom is 0.222 e. The predicted molar refractivity (Wildman–Crippen MR) is 110 cm³/mol. The Morgan fingerprint density at radius 1 is 0.926 bits per heavy atom. The van der Waals surface area contributed by atoms with Gasteiger partial charge in [-0.3, -0.25) is 4.79 Å². The standard InChI is InChI=1S/C22H35NO3S/c1-2-3-4-5-6-7-8-12-15-22(24)23-18-16-21(17-19-23)27(25,26)20-13-10-9-11-14-20/h9-11,13-14,21H,2-8,12,15-19H2,1H3. The number of sulfone groups is 1. The number of rotatable bonds is 11. The van der Waals surface area contributed by atoms with Crippen molar-refractivity contribution in [3.8, 4) is 0 Å². The van der Waals surface area contributed by atoms with Gasteiger partial charge < -0.3 is 4.90 Å². The van der Waals surface area contributed by atoms with Crippen molar-refractivity contribution in [3.63, 3.8) is 0 Å². The van der Waals surface area contributed by atoms with Crippen molar-refractivity contribution in [2.75, 3.05) is 13.1 Å². The summed E-state index contributed by atoms with van der Waals surface area (Å²) in [5.74, 6) is 0.191. The van der Waals surface area contributed by atoms with Gasteiger partial charge in [0, 0.05) is 19.5 Å². The number of hydrogen-bond acceptors (Lipinski definition) is 3. The second-order valence-electron chi connectivity index (χ2n) is 7.66. The summed E-state index contributed by atoms with van der Waals surface area (Å²) >= 11 is 0. The largest absolute Gasteiger partial charge is 0.343 e. The van der Waals surface area contributed by atoms with Crippen LogP contribution in [-0.4, -0.2) is 37.6 Å². The van der Waals surface area contributed by atoms with E-state index in [9.17, 15) is 13.2 Å². The van der Waals surface area contributed by atoms with Crippen molar-refractivity contribution >= 4 is 15.7 Å². The third-order valence-electron chi connectivity index (χ3n) is 5.55. The molecule has 4 nitrogen and oxygen atoms in total. The van der Waals surface area contributed by atoms with Crippen molar-refractivity contribution in [3.05, 3.63) is 30.3 Å². The Labute approximate surface area is 165 Å². The van der Waals surface area contributed by atoms with Crippen molar-refractivity contribution in [1.29, 1.82) is 0 Å². The molecule has 2 rings (SSSR count). The van der Waals surface area contributed by atoms with Gasteiger partial charge in [0.25, 0.3) is 0 Å². The second-order valence-corrected chi connectivity index (χ2v) is 9.89. The van der Waals surface area contributed by atoms with E-state index in [0.717, 1.165) is 12.8 Å². The molecule has 1 aliphatic heterocycles. The number of hydrogen-bond donors (Lipinski definition) is 0. The molecular formula is C22H35NO3S. The summed E-state index contributed by atoms with van der Waals surface area (Å²) in [6.45, 7) is 3.35. The smallest absolute Gasteiger partial charge is 0.222 e. The predicted octanol–water partition coefficient (Wildman–Crippen LogP) is 4.98. The fourth-order valence-corrected chi connectivity index (χ4v) is 5.54. The first-order valence-corrected chi connectivity index (χ1v) is 12.2. The normalized spacial score (nSPS) is 15.8. The maximum atomic E-state index is 12.7. The van der Waals surface area contributed by atoms with Crippen molar-refractivity contribution < 1.29 is 13.2 Å². The van der Waals surface area contributed by atoms with Crippen LogP contribution in [0.25, 0.3) is 0 Å². The lowest BCUT2D eigenvalue weighted by atomic mass is 10.1. The topological polar surface area (TPSA) is 54.5 Å². The molecule has 5 heteroatoms. The molecule has 0 radical (unpaired) electrons. The lowest BCUT2D eigenvalue weighted by Crippen LogP contribution is -2.42. The van der Waals surface area contributed by atoms with Gasteiger partial charge in [0.1, 0.15) is 0 Å². The number of nitrogens with zero attached hydrogens (tertiary/aromatic N) is 1.